The fraction of sp³-hybridized carbons (Fsp3) is 0.529. The zero-order valence-corrected chi connectivity index (χ0v) is 12.9. The standard InChI is InChI=1S/C17H24N2O/c1-5-6-9-17(4,12-18)19-16(20)11-15-8-7-13(2)10-14(15)3/h7-8,10H,5-6,9,11H2,1-4H3,(H,19,20). The molecule has 0 fully saturated rings. The largest absolute Gasteiger partial charge is 0.338 e. The maximum Gasteiger partial charge on any atom is 0.225 e. The highest BCUT2D eigenvalue weighted by Gasteiger charge is 2.25. The highest BCUT2D eigenvalue weighted by atomic mass is 16.1. The molecule has 0 aromatic heterocycles. The van der Waals surface area contributed by atoms with Gasteiger partial charge in [0, 0.05) is 0 Å². The number of hydrogen-bond donors (Lipinski definition) is 1. The van der Waals surface area contributed by atoms with Crippen LogP contribution in [0.5, 0.6) is 0 Å². The highest BCUT2D eigenvalue weighted by Crippen LogP contribution is 2.15. The molecule has 3 heteroatoms. The van der Waals surface area contributed by atoms with Crippen LogP contribution in [-0.2, 0) is 11.2 Å². The maximum absolute atomic E-state index is 12.1. The van der Waals surface area contributed by atoms with Crippen LogP contribution in [-0.4, -0.2) is 11.4 Å². The molecule has 0 aliphatic rings. The van der Waals surface area contributed by atoms with Crippen LogP contribution in [0.25, 0.3) is 0 Å². The first-order valence-electron chi connectivity index (χ1n) is 7.18. The van der Waals surface area contributed by atoms with Crippen molar-refractivity contribution < 1.29 is 4.79 Å². The zero-order chi connectivity index (χ0) is 15.2. The summed E-state index contributed by atoms with van der Waals surface area (Å²) in [4.78, 5) is 12.1. The number of unbranched alkanes of at least 4 members (excludes halogenated alkanes) is 1. The zero-order valence-electron chi connectivity index (χ0n) is 12.9. The Bertz CT molecular complexity index is 516. The number of nitrogens with one attached hydrogen (secondary N) is 1. The van der Waals surface area contributed by atoms with Crippen LogP contribution in [0.15, 0.2) is 18.2 Å². The van der Waals surface area contributed by atoms with Gasteiger partial charge in [0.05, 0.1) is 12.5 Å². The van der Waals surface area contributed by atoms with Crippen LogP contribution >= 0.6 is 0 Å². The van der Waals surface area contributed by atoms with Gasteiger partial charge in [-0.3, -0.25) is 4.79 Å². The number of nitriles is 1. The minimum atomic E-state index is -0.758. The van der Waals surface area contributed by atoms with Crippen LogP contribution < -0.4 is 5.32 Å². The topological polar surface area (TPSA) is 52.9 Å². The van der Waals surface area contributed by atoms with Crippen LogP contribution in [0, 0.1) is 25.2 Å². The molecule has 1 aromatic carbocycles. The molecule has 20 heavy (non-hydrogen) atoms. The van der Waals surface area contributed by atoms with Crippen molar-refractivity contribution in [3.05, 3.63) is 34.9 Å². The molecule has 0 saturated carbocycles. The normalized spacial score (nSPS) is 13.3. The Labute approximate surface area is 122 Å². The molecular formula is C17H24N2O. The van der Waals surface area contributed by atoms with Gasteiger partial charge in [0.15, 0.2) is 0 Å². The summed E-state index contributed by atoms with van der Waals surface area (Å²) in [6.45, 7) is 7.92. The van der Waals surface area contributed by atoms with Crippen molar-refractivity contribution in [2.24, 2.45) is 0 Å². The van der Waals surface area contributed by atoms with E-state index in [1.165, 1.54) is 5.56 Å². The van der Waals surface area contributed by atoms with Gasteiger partial charge < -0.3 is 5.32 Å². The van der Waals surface area contributed by atoms with Gasteiger partial charge in [-0.05, 0) is 38.3 Å². The third kappa shape index (κ3) is 4.70. The second kappa shape index (κ2) is 7.09. The predicted molar refractivity (Wildman–Crippen MR) is 81.3 cm³/mol. The molecule has 0 radical (unpaired) electrons. The fourth-order valence-electron chi connectivity index (χ4n) is 2.25. The number of nitrogens with zero attached hydrogens (tertiary/aromatic N) is 1. The third-order valence-corrected chi connectivity index (χ3v) is 3.54. The summed E-state index contributed by atoms with van der Waals surface area (Å²) in [6.07, 6.45) is 2.98. The summed E-state index contributed by atoms with van der Waals surface area (Å²) < 4.78 is 0. The van der Waals surface area contributed by atoms with Crippen molar-refractivity contribution >= 4 is 5.91 Å². The molecule has 1 aromatic rings. The Hall–Kier alpha value is -1.82. The Morgan fingerprint density at radius 3 is 2.65 bits per heavy atom. The Morgan fingerprint density at radius 1 is 1.40 bits per heavy atom. The van der Waals surface area contributed by atoms with E-state index in [0.717, 1.165) is 24.0 Å². The van der Waals surface area contributed by atoms with Crippen molar-refractivity contribution in [1.82, 2.24) is 5.32 Å². The molecule has 0 aliphatic carbocycles. The number of aryl methyl sites for hydroxylation is 2. The molecule has 1 atom stereocenters. The van der Waals surface area contributed by atoms with Crippen molar-refractivity contribution in [3.8, 4) is 6.07 Å². The minimum absolute atomic E-state index is 0.0860. The molecule has 0 bridgehead atoms. The van der Waals surface area contributed by atoms with E-state index in [0.29, 0.717) is 12.8 Å². The summed E-state index contributed by atoms with van der Waals surface area (Å²) in [5.41, 5.74) is 2.57. The van der Waals surface area contributed by atoms with Crippen molar-refractivity contribution in [2.75, 3.05) is 0 Å². The minimum Gasteiger partial charge on any atom is -0.338 e. The van der Waals surface area contributed by atoms with E-state index in [-0.39, 0.29) is 5.91 Å². The highest BCUT2D eigenvalue weighted by molar-refractivity contribution is 5.80. The number of benzene rings is 1. The molecule has 108 valence electrons. The van der Waals surface area contributed by atoms with Gasteiger partial charge >= 0.3 is 0 Å². The molecule has 0 spiro atoms. The van der Waals surface area contributed by atoms with Gasteiger partial charge in [0.25, 0.3) is 0 Å². The van der Waals surface area contributed by atoms with Gasteiger partial charge in [-0.15, -0.1) is 0 Å². The molecule has 1 rings (SSSR count). The van der Waals surface area contributed by atoms with Gasteiger partial charge in [0.1, 0.15) is 5.54 Å². The molecule has 3 nitrogen and oxygen atoms in total. The van der Waals surface area contributed by atoms with Crippen molar-refractivity contribution in [2.45, 2.75) is 58.9 Å². The second-order valence-corrected chi connectivity index (χ2v) is 5.70. The lowest BCUT2D eigenvalue weighted by Crippen LogP contribution is -2.45. The molecule has 1 N–H and O–H groups in total. The van der Waals surface area contributed by atoms with Gasteiger partial charge in [0.2, 0.25) is 5.91 Å². The van der Waals surface area contributed by atoms with E-state index in [9.17, 15) is 10.1 Å². The summed E-state index contributed by atoms with van der Waals surface area (Å²) in [6, 6.07) is 8.29. The molecular weight excluding hydrogens is 248 g/mol. The summed E-state index contributed by atoms with van der Waals surface area (Å²) in [5.74, 6) is -0.0860. The molecule has 1 amide bonds. The van der Waals surface area contributed by atoms with Crippen molar-refractivity contribution in [3.63, 3.8) is 0 Å². The SMILES string of the molecule is CCCCC(C)(C#N)NC(=O)Cc1ccc(C)cc1C. The number of carbonyl (C=O) groups is 1. The predicted octanol–water partition coefficient (Wildman–Crippen LogP) is 3.43. The van der Waals surface area contributed by atoms with Crippen LogP contribution in [0.4, 0.5) is 0 Å². The Kier molecular flexibility index (Phi) is 5.76. The van der Waals surface area contributed by atoms with Crippen molar-refractivity contribution in [1.29, 1.82) is 5.26 Å². The Morgan fingerprint density at radius 2 is 2.10 bits per heavy atom. The summed E-state index contributed by atoms with van der Waals surface area (Å²) in [5, 5.41) is 12.1. The summed E-state index contributed by atoms with van der Waals surface area (Å²) in [7, 11) is 0. The number of amides is 1. The first-order valence-corrected chi connectivity index (χ1v) is 7.18. The van der Waals surface area contributed by atoms with Gasteiger partial charge in [-0.2, -0.15) is 5.26 Å². The fourth-order valence-corrected chi connectivity index (χ4v) is 2.25. The molecule has 1 unspecified atom stereocenters. The van der Waals surface area contributed by atoms with Gasteiger partial charge in [-0.25, -0.2) is 0 Å². The molecule has 0 aliphatic heterocycles. The lowest BCUT2D eigenvalue weighted by Gasteiger charge is -2.23. The third-order valence-electron chi connectivity index (χ3n) is 3.54. The van der Waals surface area contributed by atoms with E-state index in [4.69, 9.17) is 0 Å². The molecule has 0 saturated heterocycles. The van der Waals surface area contributed by atoms with Crippen LogP contribution in [0.1, 0.15) is 49.8 Å². The number of rotatable bonds is 6. The Balaban J connectivity index is 2.69. The first-order chi connectivity index (χ1) is 9.40. The lowest BCUT2D eigenvalue weighted by molar-refractivity contribution is -0.121. The number of carbonyl (C=O) groups excluding carboxylic acids is 1. The average molecular weight is 272 g/mol. The first kappa shape index (κ1) is 16.2. The van der Waals surface area contributed by atoms with E-state index in [1.54, 1.807) is 6.92 Å². The quantitative estimate of drug-likeness (QED) is 0.862. The average Bonchev–Trinajstić information content (AvgIpc) is 2.40. The van der Waals surface area contributed by atoms with E-state index >= 15 is 0 Å². The van der Waals surface area contributed by atoms with Crippen LogP contribution in [0.2, 0.25) is 0 Å². The monoisotopic (exact) mass is 272 g/mol. The number of hydrogen-bond acceptors (Lipinski definition) is 2. The smallest absolute Gasteiger partial charge is 0.225 e. The maximum atomic E-state index is 12.1. The van der Waals surface area contributed by atoms with E-state index in [1.807, 2.05) is 26.0 Å². The lowest BCUT2D eigenvalue weighted by atomic mass is 9.95. The van der Waals surface area contributed by atoms with E-state index in [2.05, 4.69) is 24.4 Å². The van der Waals surface area contributed by atoms with E-state index < -0.39 is 5.54 Å². The van der Waals surface area contributed by atoms with Crippen LogP contribution in [0.3, 0.4) is 0 Å². The second-order valence-electron chi connectivity index (χ2n) is 5.70. The summed E-state index contributed by atoms with van der Waals surface area (Å²) >= 11 is 0. The van der Waals surface area contributed by atoms with Gasteiger partial charge in [-0.1, -0.05) is 43.5 Å². The molecule has 0 heterocycles.